The number of nitrogens with zero attached hydrogens (tertiary/aromatic N) is 2. The van der Waals surface area contributed by atoms with Gasteiger partial charge in [0.25, 0.3) is 0 Å². The van der Waals surface area contributed by atoms with Gasteiger partial charge in [0.15, 0.2) is 0 Å². The maximum atomic E-state index is 3.49. The van der Waals surface area contributed by atoms with E-state index in [9.17, 15) is 0 Å². The normalized spacial score (nSPS) is 12.2. The highest BCUT2D eigenvalue weighted by atomic mass is 15.0. The molecule has 2 nitrogen and oxygen atoms in total. The number of rotatable bonds is 4. The van der Waals surface area contributed by atoms with Gasteiger partial charge in [-0.3, -0.25) is 0 Å². The molecule has 0 amide bonds. The molecular formula is C56H50N2. The second-order valence-electron chi connectivity index (χ2n) is 14.5. The van der Waals surface area contributed by atoms with E-state index in [1.165, 1.54) is 93.9 Å². The van der Waals surface area contributed by atoms with Gasteiger partial charge in [0.2, 0.25) is 0 Å². The van der Waals surface area contributed by atoms with Gasteiger partial charge in [-0.15, -0.1) is 6.58 Å². The van der Waals surface area contributed by atoms with Crippen LogP contribution in [-0.2, 0) is 5.41 Å². The van der Waals surface area contributed by atoms with E-state index in [0.717, 1.165) is 13.0 Å². The lowest BCUT2D eigenvalue weighted by atomic mass is 9.70. The molecule has 0 aliphatic heterocycles. The lowest BCUT2D eigenvalue weighted by molar-refractivity contribution is 0.795. The monoisotopic (exact) mass is 750 g/mol. The second-order valence-corrected chi connectivity index (χ2v) is 14.5. The summed E-state index contributed by atoms with van der Waals surface area (Å²) in [5.74, 6) is 0. The molecule has 0 fully saturated rings. The Kier molecular flexibility index (Phi) is 10.8. The lowest BCUT2D eigenvalue weighted by Gasteiger charge is -2.30. The molecule has 0 radical (unpaired) electrons. The van der Waals surface area contributed by atoms with Crippen molar-refractivity contribution in [3.63, 3.8) is 0 Å². The Bertz CT molecular complexity index is 2870. The molecule has 1 aromatic heterocycles. The molecule has 0 atom stereocenters. The molecule has 0 saturated carbocycles. The Balaban J connectivity index is 0.000000428. The quantitative estimate of drug-likeness (QED) is 0.126. The van der Waals surface area contributed by atoms with E-state index in [4.69, 9.17) is 0 Å². The zero-order valence-corrected chi connectivity index (χ0v) is 34.0. The maximum absolute atomic E-state index is 3.49. The van der Waals surface area contributed by atoms with Crippen molar-refractivity contribution in [1.29, 1.82) is 0 Å². The minimum absolute atomic E-state index is 0.371. The first-order chi connectivity index (χ1) is 28.6. The number of allylic oxidation sites excluding steroid dienone is 1. The Labute approximate surface area is 343 Å². The highest BCUT2D eigenvalue weighted by Crippen LogP contribution is 2.63. The summed E-state index contributed by atoms with van der Waals surface area (Å²) in [5, 5.41) is 5.08. The van der Waals surface area contributed by atoms with Gasteiger partial charge < -0.3 is 9.56 Å². The van der Waals surface area contributed by atoms with E-state index >= 15 is 0 Å². The van der Waals surface area contributed by atoms with Crippen LogP contribution in [-0.4, -0.2) is 17.8 Å². The van der Waals surface area contributed by atoms with Crippen LogP contribution in [0.25, 0.3) is 71.6 Å². The van der Waals surface area contributed by atoms with Crippen LogP contribution < -0.4 is 0 Å². The molecule has 284 valence electrons. The van der Waals surface area contributed by atoms with Crippen molar-refractivity contribution >= 4 is 39.3 Å². The molecule has 0 unspecified atom stereocenters. The van der Waals surface area contributed by atoms with E-state index < -0.39 is 0 Å². The summed E-state index contributed by atoms with van der Waals surface area (Å²) in [4.78, 5) is 3.49. The number of fused-ring (bicyclic) bond motifs is 14. The van der Waals surface area contributed by atoms with E-state index in [1.54, 1.807) is 0 Å². The van der Waals surface area contributed by atoms with Crippen LogP contribution in [0.1, 0.15) is 56.4 Å². The Morgan fingerprint density at radius 3 is 1.57 bits per heavy atom. The van der Waals surface area contributed by atoms with Gasteiger partial charge in [0, 0.05) is 23.0 Å². The lowest BCUT2D eigenvalue weighted by Crippen LogP contribution is -2.25. The molecule has 1 heterocycles. The van der Waals surface area contributed by atoms with Gasteiger partial charge in [-0.05, 0) is 129 Å². The first-order valence-corrected chi connectivity index (χ1v) is 20.6. The average molecular weight is 751 g/mol. The minimum atomic E-state index is -0.371. The van der Waals surface area contributed by atoms with Crippen molar-refractivity contribution in [2.24, 2.45) is 4.99 Å². The van der Waals surface area contributed by atoms with Crippen LogP contribution in [0, 0.1) is 0 Å². The number of hydrogen-bond acceptors (Lipinski definition) is 1. The first kappa shape index (κ1) is 38.1. The predicted octanol–water partition coefficient (Wildman–Crippen LogP) is 15.3. The third kappa shape index (κ3) is 6.08. The van der Waals surface area contributed by atoms with Crippen molar-refractivity contribution in [3.05, 3.63) is 211 Å². The smallest absolute Gasteiger partial charge is 0.0725 e. The summed E-state index contributed by atoms with van der Waals surface area (Å²) in [5.41, 5.74) is 16.5. The number of benzene rings is 8. The highest BCUT2D eigenvalue weighted by molar-refractivity contribution is 6.13. The highest BCUT2D eigenvalue weighted by Gasteiger charge is 2.51. The van der Waals surface area contributed by atoms with Gasteiger partial charge in [0.05, 0.1) is 16.4 Å². The summed E-state index contributed by atoms with van der Waals surface area (Å²) in [6.45, 7) is 15.6. The fourth-order valence-corrected chi connectivity index (χ4v) is 9.01. The van der Waals surface area contributed by atoms with E-state index in [2.05, 4.69) is 206 Å². The molecule has 0 saturated heterocycles. The van der Waals surface area contributed by atoms with E-state index in [1.807, 2.05) is 26.8 Å². The summed E-state index contributed by atoms with van der Waals surface area (Å²) in [6, 6.07) is 65.5. The molecule has 1 spiro atoms. The molecule has 11 rings (SSSR count). The molecular weight excluding hydrogens is 701 g/mol. The summed E-state index contributed by atoms with van der Waals surface area (Å²) in [7, 11) is 0. The van der Waals surface area contributed by atoms with Crippen molar-refractivity contribution in [3.8, 4) is 39.1 Å². The van der Waals surface area contributed by atoms with Gasteiger partial charge >= 0.3 is 0 Å². The molecule has 2 heteroatoms. The second kappa shape index (κ2) is 16.4. The first-order valence-electron chi connectivity index (χ1n) is 20.6. The van der Waals surface area contributed by atoms with Gasteiger partial charge in [-0.2, -0.15) is 0 Å². The largest absolute Gasteiger partial charge is 0.309 e. The SMILES string of the molecule is C=CCC.C=NCC.CC.c1ccc(-n2c3ccc(-c4ccc5ccccc5c4)cc3c3cc4c(cc32)-c2ccccc2C42c3ccccc3-c3ccccc32)cc1. The number of aromatic nitrogens is 1. The van der Waals surface area contributed by atoms with Crippen LogP contribution >= 0.6 is 0 Å². The zero-order valence-electron chi connectivity index (χ0n) is 34.0. The van der Waals surface area contributed by atoms with Crippen molar-refractivity contribution in [2.75, 3.05) is 6.54 Å². The van der Waals surface area contributed by atoms with Crippen LogP contribution in [0.3, 0.4) is 0 Å². The Morgan fingerprint density at radius 2 is 0.983 bits per heavy atom. The standard InChI is InChI=1S/C47H29N.C4H8.C3H7N.C2H6/c1-2-14-34(15-3-1)48-45-25-24-33(32-23-22-30-12-4-5-13-31(30)26-32)27-39(45)40-28-44-38(29-46(40)48)37-18-8-11-21-43(37)47(44)41-19-9-6-16-35(41)36-17-7-10-20-42(36)47;2*1-3-4-2;1-2/h1-29H;3H,1,4H2,2H3;2-3H2,1H3;1-2H3. The molecule has 0 N–H and O–H groups in total. The third-order valence-corrected chi connectivity index (χ3v) is 11.5. The van der Waals surface area contributed by atoms with Gasteiger partial charge in [-0.25, -0.2) is 0 Å². The number of aliphatic imine (C=N–C) groups is 1. The summed E-state index contributed by atoms with van der Waals surface area (Å²) in [6.07, 6.45) is 2.96. The van der Waals surface area contributed by atoms with Crippen molar-refractivity contribution in [1.82, 2.24) is 4.57 Å². The molecule has 2 aliphatic rings. The number of para-hydroxylation sites is 1. The van der Waals surface area contributed by atoms with Crippen LogP contribution in [0.2, 0.25) is 0 Å². The van der Waals surface area contributed by atoms with Crippen molar-refractivity contribution < 1.29 is 0 Å². The Hall–Kier alpha value is -6.77. The van der Waals surface area contributed by atoms with Gasteiger partial charge in [-0.1, -0.05) is 160 Å². The van der Waals surface area contributed by atoms with E-state index in [-0.39, 0.29) is 5.41 Å². The number of hydrogen-bond donors (Lipinski definition) is 0. The maximum Gasteiger partial charge on any atom is 0.0725 e. The molecule has 0 bridgehead atoms. The molecule has 58 heavy (non-hydrogen) atoms. The predicted molar refractivity (Wildman–Crippen MR) is 252 cm³/mol. The summed E-state index contributed by atoms with van der Waals surface area (Å²) >= 11 is 0. The molecule has 2 aliphatic carbocycles. The van der Waals surface area contributed by atoms with Gasteiger partial charge in [0.1, 0.15) is 0 Å². The van der Waals surface area contributed by atoms with Crippen LogP contribution in [0.5, 0.6) is 0 Å². The fraction of sp³-hybridized carbons (Fsp3) is 0.125. The average Bonchev–Trinajstić information content (AvgIpc) is 3.90. The minimum Gasteiger partial charge on any atom is -0.309 e. The van der Waals surface area contributed by atoms with E-state index in [0.29, 0.717) is 0 Å². The zero-order chi connectivity index (χ0) is 40.2. The molecule has 9 aromatic rings. The molecule has 8 aromatic carbocycles. The topological polar surface area (TPSA) is 17.3 Å². The van der Waals surface area contributed by atoms with Crippen LogP contribution in [0.15, 0.2) is 194 Å². The fourth-order valence-electron chi connectivity index (χ4n) is 9.01. The van der Waals surface area contributed by atoms with Crippen molar-refractivity contribution in [2.45, 2.75) is 39.5 Å². The summed E-state index contributed by atoms with van der Waals surface area (Å²) < 4.78 is 2.46. The Morgan fingerprint density at radius 1 is 0.500 bits per heavy atom. The third-order valence-electron chi connectivity index (χ3n) is 11.5. The van der Waals surface area contributed by atoms with Crippen LogP contribution in [0.4, 0.5) is 0 Å².